The van der Waals surface area contributed by atoms with E-state index in [0.29, 0.717) is 17.9 Å². The number of amides is 2. The van der Waals surface area contributed by atoms with Crippen LogP contribution in [0, 0.1) is 12.8 Å². The highest BCUT2D eigenvalue weighted by molar-refractivity contribution is 7.99. The first-order valence-electron chi connectivity index (χ1n) is 7.76. The second kappa shape index (κ2) is 9.97. The summed E-state index contributed by atoms with van der Waals surface area (Å²) in [6, 6.07) is 6.51. The van der Waals surface area contributed by atoms with Crippen LogP contribution in [0.4, 0.5) is 0 Å². The molecule has 1 aromatic carbocycles. The fourth-order valence-corrected chi connectivity index (χ4v) is 2.55. The van der Waals surface area contributed by atoms with Crippen LogP contribution >= 0.6 is 11.8 Å². The molecule has 7 heteroatoms. The molecule has 0 aliphatic rings. The maximum Gasteiger partial charge on any atom is 0.313 e. The summed E-state index contributed by atoms with van der Waals surface area (Å²) in [5.41, 5.74) is 1.57. The van der Waals surface area contributed by atoms with Crippen LogP contribution in [-0.2, 0) is 9.59 Å². The number of thioether (sulfide) groups is 1. The highest BCUT2D eigenvalue weighted by Crippen LogP contribution is 2.07. The van der Waals surface area contributed by atoms with Gasteiger partial charge in [-0.25, -0.2) is 0 Å². The number of aliphatic carboxylic acids is 1. The molecule has 132 valence electrons. The number of rotatable bonds is 9. The maximum absolute atomic E-state index is 12.3. The molecule has 1 unspecified atom stereocenters. The molecule has 24 heavy (non-hydrogen) atoms. The lowest BCUT2D eigenvalue weighted by Gasteiger charge is -2.21. The molecule has 0 heterocycles. The Bertz CT molecular complexity index is 572. The molecule has 0 spiro atoms. The molecule has 0 aliphatic heterocycles. The Morgan fingerprint density at radius 1 is 1.17 bits per heavy atom. The second-order valence-electron chi connectivity index (χ2n) is 5.80. The van der Waals surface area contributed by atoms with Crippen LogP contribution in [-0.4, -0.2) is 47.0 Å². The third-order valence-corrected chi connectivity index (χ3v) is 4.26. The van der Waals surface area contributed by atoms with E-state index >= 15 is 0 Å². The summed E-state index contributed by atoms with van der Waals surface area (Å²) in [5.74, 6) is -0.976. The average molecular weight is 352 g/mol. The van der Waals surface area contributed by atoms with E-state index in [2.05, 4.69) is 10.6 Å². The number of nitrogens with one attached hydrogen (secondary N) is 2. The summed E-state index contributed by atoms with van der Waals surface area (Å²) in [5, 5.41) is 14.0. The van der Waals surface area contributed by atoms with Crippen LogP contribution in [0.5, 0.6) is 0 Å². The van der Waals surface area contributed by atoms with Crippen LogP contribution < -0.4 is 10.6 Å². The summed E-state index contributed by atoms with van der Waals surface area (Å²) in [7, 11) is 0. The molecule has 0 aromatic heterocycles. The van der Waals surface area contributed by atoms with Crippen molar-refractivity contribution in [2.45, 2.75) is 26.8 Å². The van der Waals surface area contributed by atoms with E-state index in [9.17, 15) is 14.4 Å². The third-order valence-electron chi connectivity index (χ3n) is 3.32. The highest BCUT2D eigenvalue weighted by Gasteiger charge is 2.24. The molecule has 0 fully saturated rings. The van der Waals surface area contributed by atoms with Gasteiger partial charge in [0.25, 0.3) is 5.91 Å². The predicted octanol–water partition coefficient (Wildman–Crippen LogP) is 1.68. The van der Waals surface area contributed by atoms with Crippen molar-refractivity contribution in [2.24, 2.45) is 5.92 Å². The van der Waals surface area contributed by atoms with E-state index in [1.807, 2.05) is 32.9 Å². The summed E-state index contributed by atoms with van der Waals surface area (Å²) in [6.07, 6.45) is 0. The lowest BCUT2D eigenvalue weighted by molar-refractivity contribution is -0.133. The predicted molar refractivity (Wildman–Crippen MR) is 95.2 cm³/mol. The van der Waals surface area contributed by atoms with Gasteiger partial charge in [0.2, 0.25) is 5.91 Å². The zero-order valence-electron chi connectivity index (χ0n) is 14.2. The van der Waals surface area contributed by atoms with Crippen LogP contribution in [0.3, 0.4) is 0 Å². The Morgan fingerprint density at radius 2 is 1.79 bits per heavy atom. The van der Waals surface area contributed by atoms with Crippen LogP contribution in [0.2, 0.25) is 0 Å². The lowest BCUT2D eigenvalue weighted by Crippen LogP contribution is -2.50. The molecule has 0 radical (unpaired) electrons. The van der Waals surface area contributed by atoms with Gasteiger partial charge in [0.1, 0.15) is 6.04 Å². The Morgan fingerprint density at radius 3 is 2.33 bits per heavy atom. The van der Waals surface area contributed by atoms with Crippen LogP contribution in [0.1, 0.15) is 29.8 Å². The third kappa shape index (κ3) is 7.04. The Kier molecular flexibility index (Phi) is 8.32. The minimum Gasteiger partial charge on any atom is -0.481 e. The second-order valence-corrected chi connectivity index (χ2v) is 6.90. The van der Waals surface area contributed by atoms with E-state index < -0.39 is 12.0 Å². The number of carbonyl (C=O) groups is 3. The molecule has 1 rings (SSSR count). The monoisotopic (exact) mass is 352 g/mol. The van der Waals surface area contributed by atoms with Gasteiger partial charge in [-0.05, 0) is 25.0 Å². The number of carboxylic acids is 1. The molecule has 0 saturated heterocycles. The molecule has 3 N–H and O–H groups in total. The van der Waals surface area contributed by atoms with Crippen molar-refractivity contribution in [1.29, 1.82) is 0 Å². The van der Waals surface area contributed by atoms with Gasteiger partial charge in [0.15, 0.2) is 0 Å². The molecular weight excluding hydrogens is 328 g/mol. The van der Waals surface area contributed by atoms with Crippen molar-refractivity contribution < 1.29 is 19.5 Å². The van der Waals surface area contributed by atoms with Crippen molar-refractivity contribution in [2.75, 3.05) is 18.1 Å². The number of hydrogen-bond donors (Lipinski definition) is 3. The zero-order chi connectivity index (χ0) is 18.1. The van der Waals surface area contributed by atoms with Gasteiger partial charge >= 0.3 is 5.97 Å². The van der Waals surface area contributed by atoms with E-state index in [0.717, 1.165) is 5.56 Å². The van der Waals surface area contributed by atoms with E-state index in [-0.39, 0.29) is 23.5 Å². The minimum atomic E-state index is -0.878. The average Bonchev–Trinajstić information content (AvgIpc) is 2.51. The number of benzene rings is 1. The van der Waals surface area contributed by atoms with E-state index in [4.69, 9.17) is 5.11 Å². The van der Waals surface area contributed by atoms with Gasteiger partial charge in [-0.1, -0.05) is 31.5 Å². The normalized spacial score (nSPS) is 11.8. The molecule has 1 aromatic rings. The van der Waals surface area contributed by atoms with Gasteiger partial charge in [-0.15, -0.1) is 11.8 Å². The number of aryl methyl sites for hydroxylation is 1. The first-order chi connectivity index (χ1) is 11.3. The molecule has 1 atom stereocenters. The van der Waals surface area contributed by atoms with Gasteiger partial charge in [0.05, 0.1) is 5.75 Å². The standard InChI is InChI=1S/C17H24N2O4S/c1-11(2)15(17(23)18-8-9-24-10-14(20)21)19-16(22)13-6-4-12(3)5-7-13/h4-7,11,15H,8-10H2,1-3H3,(H,18,23)(H,19,22)(H,20,21). The van der Waals surface area contributed by atoms with Gasteiger partial charge < -0.3 is 15.7 Å². The highest BCUT2D eigenvalue weighted by atomic mass is 32.2. The maximum atomic E-state index is 12.3. The van der Waals surface area contributed by atoms with Crippen molar-refractivity contribution in [1.82, 2.24) is 10.6 Å². The molecule has 0 saturated carbocycles. The van der Waals surface area contributed by atoms with Crippen molar-refractivity contribution in [3.05, 3.63) is 35.4 Å². The molecule has 0 aliphatic carbocycles. The van der Waals surface area contributed by atoms with Gasteiger partial charge in [-0.2, -0.15) is 0 Å². The van der Waals surface area contributed by atoms with Gasteiger partial charge in [0, 0.05) is 17.9 Å². The van der Waals surface area contributed by atoms with Crippen molar-refractivity contribution >= 4 is 29.5 Å². The smallest absolute Gasteiger partial charge is 0.313 e. The Labute approximate surface area is 146 Å². The van der Waals surface area contributed by atoms with Crippen LogP contribution in [0.25, 0.3) is 0 Å². The van der Waals surface area contributed by atoms with Crippen molar-refractivity contribution in [3.63, 3.8) is 0 Å². The SMILES string of the molecule is Cc1ccc(C(=O)NC(C(=O)NCCSCC(=O)O)C(C)C)cc1. The first-order valence-corrected chi connectivity index (χ1v) is 8.91. The largest absolute Gasteiger partial charge is 0.481 e. The fourth-order valence-electron chi connectivity index (χ4n) is 1.98. The van der Waals surface area contributed by atoms with E-state index in [1.165, 1.54) is 11.8 Å². The minimum absolute atomic E-state index is 0.00758. The summed E-state index contributed by atoms with van der Waals surface area (Å²) in [4.78, 5) is 34.9. The quantitative estimate of drug-likeness (QED) is 0.588. The number of carboxylic acid groups (broad SMARTS) is 1. The van der Waals surface area contributed by atoms with Crippen LogP contribution in [0.15, 0.2) is 24.3 Å². The molecular formula is C17H24N2O4S. The summed E-state index contributed by atoms with van der Waals surface area (Å²) >= 11 is 1.23. The molecule has 2 amide bonds. The summed E-state index contributed by atoms with van der Waals surface area (Å²) < 4.78 is 0. The zero-order valence-corrected chi connectivity index (χ0v) is 15.0. The lowest BCUT2D eigenvalue weighted by atomic mass is 10.0. The number of carbonyl (C=O) groups excluding carboxylic acids is 2. The summed E-state index contributed by atoms with van der Waals surface area (Å²) in [6.45, 7) is 6.02. The Hall–Kier alpha value is -2.02. The van der Waals surface area contributed by atoms with Gasteiger partial charge in [-0.3, -0.25) is 14.4 Å². The van der Waals surface area contributed by atoms with Crippen molar-refractivity contribution in [3.8, 4) is 0 Å². The Balaban J connectivity index is 2.53. The number of hydrogen-bond acceptors (Lipinski definition) is 4. The molecule has 6 nitrogen and oxygen atoms in total. The topological polar surface area (TPSA) is 95.5 Å². The molecule has 0 bridgehead atoms. The van der Waals surface area contributed by atoms with E-state index in [1.54, 1.807) is 12.1 Å². The first kappa shape index (κ1) is 20.0. The fraction of sp³-hybridized carbons (Fsp3) is 0.471.